The van der Waals surface area contributed by atoms with Gasteiger partial charge in [0.2, 0.25) is 5.91 Å². The third-order valence-corrected chi connectivity index (χ3v) is 4.21. The van der Waals surface area contributed by atoms with Crippen molar-refractivity contribution < 1.29 is 4.79 Å². The van der Waals surface area contributed by atoms with Crippen LogP contribution in [0.5, 0.6) is 0 Å². The number of aromatic amines is 2. The second kappa shape index (κ2) is 7.66. The van der Waals surface area contributed by atoms with Gasteiger partial charge in [0.1, 0.15) is 0 Å². The molecule has 1 saturated carbocycles. The molecular weight excluding hydrogens is 316 g/mol. The molecule has 0 spiro atoms. The van der Waals surface area contributed by atoms with Crippen LogP contribution in [0.1, 0.15) is 31.2 Å². The van der Waals surface area contributed by atoms with E-state index in [1.807, 2.05) is 18.2 Å². The van der Waals surface area contributed by atoms with Crippen LogP contribution in [0.15, 0.2) is 23.0 Å². The first kappa shape index (κ1) is 17.6. The average molecular weight is 339 g/mol. The van der Waals surface area contributed by atoms with Crippen LogP contribution < -0.4 is 16.7 Å². The number of benzene rings is 1. The number of rotatable bonds is 7. The molecule has 2 aromatic rings. The van der Waals surface area contributed by atoms with E-state index in [1.54, 1.807) is 0 Å². The summed E-state index contributed by atoms with van der Waals surface area (Å²) in [5, 5.41) is 2.91. The van der Waals surface area contributed by atoms with Crippen LogP contribution in [0.4, 0.5) is 0 Å². The summed E-state index contributed by atoms with van der Waals surface area (Å²) in [4.78, 5) is 28.4. The van der Waals surface area contributed by atoms with Gasteiger partial charge in [-0.1, -0.05) is 6.07 Å². The number of carbonyl (C=O) groups is 1. The van der Waals surface area contributed by atoms with Crippen LogP contribution in [0.25, 0.3) is 11.0 Å². The van der Waals surface area contributed by atoms with Crippen molar-refractivity contribution in [1.29, 1.82) is 0 Å². The van der Waals surface area contributed by atoms with Crippen molar-refractivity contribution in [1.82, 2.24) is 15.3 Å². The number of H-pyrrole nitrogens is 2. The van der Waals surface area contributed by atoms with Gasteiger partial charge in [0.25, 0.3) is 0 Å². The second-order valence-corrected chi connectivity index (χ2v) is 6.12. The summed E-state index contributed by atoms with van der Waals surface area (Å²) in [6.07, 6.45) is 4.48. The number of carbonyl (C=O) groups excluding carboxylic acids is 1. The number of hydrogen-bond acceptors (Lipinski definition) is 3. The Balaban J connectivity index is 0.00000192. The van der Waals surface area contributed by atoms with Crippen LogP contribution in [-0.2, 0) is 11.2 Å². The zero-order chi connectivity index (χ0) is 15.5. The van der Waals surface area contributed by atoms with Crippen LogP contribution >= 0.6 is 12.4 Å². The highest BCUT2D eigenvalue weighted by molar-refractivity contribution is 5.85. The van der Waals surface area contributed by atoms with E-state index in [1.165, 1.54) is 12.8 Å². The zero-order valence-electron chi connectivity index (χ0n) is 12.9. The van der Waals surface area contributed by atoms with Crippen molar-refractivity contribution in [2.24, 2.45) is 11.7 Å². The van der Waals surface area contributed by atoms with Crippen LogP contribution in [0.3, 0.4) is 0 Å². The molecular formula is C16H23ClN4O2. The maximum atomic E-state index is 11.8. The van der Waals surface area contributed by atoms with Crippen molar-refractivity contribution in [2.75, 3.05) is 6.54 Å². The molecule has 1 unspecified atom stereocenters. The van der Waals surface area contributed by atoms with Crippen LogP contribution in [0, 0.1) is 5.92 Å². The number of imidazole rings is 1. The fourth-order valence-corrected chi connectivity index (χ4v) is 2.70. The third kappa shape index (κ3) is 4.84. The average Bonchev–Trinajstić information content (AvgIpc) is 3.26. The molecule has 6 nitrogen and oxygen atoms in total. The lowest BCUT2D eigenvalue weighted by molar-refractivity contribution is -0.121. The largest absolute Gasteiger partial charge is 0.355 e. The number of aromatic nitrogens is 2. The van der Waals surface area contributed by atoms with Gasteiger partial charge in [-0.05, 0) is 49.3 Å². The minimum absolute atomic E-state index is 0. The highest BCUT2D eigenvalue weighted by atomic mass is 35.5. The SMILES string of the molecule is Cl.NC(CNC(=O)CCCc1ccc2[nH]c(=O)[nH]c2c1)C1CC1. The quantitative estimate of drug-likeness (QED) is 0.614. The predicted molar refractivity (Wildman–Crippen MR) is 92.8 cm³/mol. The first-order valence-corrected chi connectivity index (χ1v) is 7.85. The van der Waals surface area contributed by atoms with Gasteiger partial charge in [-0.15, -0.1) is 12.4 Å². The number of amides is 1. The smallest absolute Gasteiger partial charge is 0.323 e. The van der Waals surface area contributed by atoms with Crippen molar-refractivity contribution in [2.45, 2.75) is 38.1 Å². The molecule has 5 N–H and O–H groups in total. The first-order valence-electron chi connectivity index (χ1n) is 7.85. The van der Waals surface area contributed by atoms with Gasteiger partial charge in [0.05, 0.1) is 11.0 Å². The van der Waals surface area contributed by atoms with E-state index in [-0.39, 0.29) is 30.0 Å². The summed E-state index contributed by atoms with van der Waals surface area (Å²) in [5.41, 5.74) is 8.49. The van der Waals surface area contributed by atoms with E-state index in [0.29, 0.717) is 18.9 Å². The number of halogens is 1. The van der Waals surface area contributed by atoms with Gasteiger partial charge in [0, 0.05) is 19.0 Å². The van der Waals surface area contributed by atoms with Gasteiger partial charge >= 0.3 is 5.69 Å². The summed E-state index contributed by atoms with van der Waals surface area (Å²) >= 11 is 0. The maximum absolute atomic E-state index is 11.8. The van der Waals surface area contributed by atoms with Crippen molar-refractivity contribution in [3.8, 4) is 0 Å². The van der Waals surface area contributed by atoms with E-state index >= 15 is 0 Å². The van der Waals surface area contributed by atoms with Gasteiger partial charge in [0.15, 0.2) is 0 Å². The Bertz CT molecular complexity index is 720. The standard InChI is InChI=1S/C16H22N4O2.ClH/c17-12(11-5-6-11)9-18-15(21)3-1-2-10-4-7-13-14(8-10)20-16(22)19-13;/h4,7-8,11-12H,1-3,5-6,9,17H2,(H,18,21)(H2,19,20,22);1H. The summed E-state index contributed by atoms with van der Waals surface area (Å²) < 4.78 is 0. The summed E-state index contributed by atoms with van der Waals surface area (Å²) in [6, 6.07) is 5.93. The molecule has 1 heterocycles. The molecule has 0 bridgehead atoms. The van der Waals surface area contributed by atoms with Crippen molar-refractivity contribution in [3.63, 3.8) is 0 Å². The lowest BCUT2D eigenvalue weighted by atomic mass is 10.1. The molecule has 3 rings (SSSR count). The maximum Gasteiger partial charge on any atom is 0.323 e. The van der Waals surface area contributed by atoms with E-state index in [9.17, 15) is 9.59 Å². The summed E-state index contributed by atoms with van der Waals surface area (Å²) in [7, 11) is 0. The minimum Gasteiger partial charge on any atom is -0.355 e. The van der Waals surface area contributed by atoms with Crippen LogP contribution in [-0.4, -0.2) is 28.5 Å². The van der Waals surface area contributed by atoms with Gasteiger partial charge in [-0.25, -0.2) is 4.79 Å². The molecule has 1 amide bonds. The lowest BCUT2D eigenvalue weighted by Gasteiger charge is -2.11. The number of hydrogen-bond donors (Lipinski definition) is 4. The monoisotopic (exact) mass is 338 g/mol. The molecule has 0 radical (unpaired) electrons. The van der Waals surface area contributed by atoms with Gasteiger partial charge in [-0.3, -0.25) is 4.79 Å². The fourth-order valence-electron chi connectivity index (χ4n) is 2.70. The topological polar surface area (TPSA) is 104 Å². The third-order valence-electron chi connectivity index (χ3n) is 4.21. The summed E-state index contributed by atoms with van der Waals surface area (Å²) in [6.45, 7) is 0.583. The zero-order valence-corrected chi connectivity index (χ0v) is 13.7. The highest BCUT2D eigenvalue weighted by Crippen LogP contribution is 2.31. The van der Waals surface area contributed by atoms with E-state index in [0.717, 1.165) is 29.4 Å². The molecule has 1 fully saturated rings. The molecule has 0 saturated heterocycles. The Hall–Kier alpha value is -1.79. The number of nitrogens with two attached hydrogens (primary N) is 1. The Kier molecular flexibility index (Phi) is 5.85. The molecule has 1 aromatic carbocycles. The second-order valence-electron chi connectivity index (χ2n) is 6.12. The first-order chi connectivity index (χ1) is 10.6. The predicted octanol–water partition coefficient (Wildman–Crippen LogP) is 1.45. The molecule has 1 aromatic heterocycles. The molecule has 1 aliphatic rings. The Labute approximate surface area is 140 Å². The lowest BCUT2D eigenvalue weighted by Crippen LogP contribution is -2.38. The molecule has 23 heavy (non-hydrogen) atoms. The number of fused-ring (bicyclic) bond motifs is 1. The van der Waals surface area contributed by atoms with E-state index in [2.05, 4.69) is 15.3 Å². The van der Waals surface area contributed by atoms with E-state index < -0.39 is 0 Å². The molecule has 1 aliphatic carbocycles. The normalized spacial score (nSPS) is 15.2. The van der Waals surface area contributed by atoms with Gasteiger partial charge < -0.3 is 21.0 Å². The van der Waals surface area contributed by atoms with Crippen molar-refractivity contribution >= 4 is 29.3 Å². The minimum atomic E-state index is -0.196. The number of aryl methyl sites for hydroxylation is 1. The molecule has 7 heteroatoms. The molecule has 1 atom stereocenters. The van der Waals surface area contributed by atoms with Crippen LogP contribution in [0.2, 0.25) is 0 Å². The Morgan fingerprint density at radius 3 is 2.78 bits per heavy atom. The van der Waals surface area contributed by atoms with E-state index in [4.69, 9.17) is 5.73 Å². The van der Waals surface area contributed by atoms with Crippen molar-refractivity contribution in [3.05, 3.63) is 34.2 Å². The molecule has 126 valence electrons. The highest BCUT2D eigenvalue weighted by Gasteiger charge is 2.28. The Morgan fingerprint density at radius 1 is 1.30 bits per heavy atom. The fraction of sp³-hybridized carbons (Fsp3) is 0.500. The molecule has 0 aliphatic heterocycles. The van der Waals surface area contributed by atoms with Gasteiger partial charge in [-0.2, -0.15) is 0 Å². The summed E-state index contributed by atoms with van der Waals surface area (Å²) in [5.74, 6) is 0.669. The number of nitrogens with one attached hydrogen (secondary N) is 3. The Morgan fingerprint density at radius 2 is 2.04 bits per heavy atom.